The minimum Gasteiger partial charge on any atom is -0.355 e. The number of nitrogens with one attached hydrogen (secondary N) is 1. The number of para-hydroxylation sites is 2. The van der Waals surface area contributed by atoms with Gasteiger partial charge >= 0.3 is 0 Å². The second kappa shape index (κ2) is 11.6. The summed E-state index contributed by atoms with van der Waals surface area (Å²) in [6, 6.07) is 17.6. The van der Waals surface area contributed by atoms with E-state index in [1.165, 1.54) is 0 Å². The third-order valence-corrected chi connectivity index (χ3v) is 5.43. The van der Waals surface area contributed by atoms with Crippen LogP contribution in [-0.2, 0) is 29.0 Å². The van der Waals surface area contributed by atoms with Crippen LogP contribution in [-0.4, -0.2) is 45.9 Å². The molecule has 0 radical (unpaired) electrons. The highest BCUT2D eigenvalue weighted by molar-refractivity contribution is 5.81. The van der Waals surface area contributed by atoms with Crippen molar-refractivity contribution in [2.75, 3.05) is 19.6 Å². The summed E-state index contributed by atoms with van der Waals surface area (Å²) >= 11 is 0. The standard InChI is InChI=1S/C27H36N4O2/c1-20(2)17-30(18-21(3)4)27(33)19-31-24-13-9-8-12-23(24)29-25(31)14-15-28-26(32)16-22-10-6-5-7-11-22/h5-13,20-21H,14-19H2,1-4H3,(H,28,32). The average Bonchev–Trinajstić information content (AvgIpc) is 3.10. The zero-order valence-corrected chi connectivity index (χ0v) is 20.3. The molecule has 0 aliphatic carbocycles. The van der Waals surface area contributed by atoms with E-state index in [0.717, 1.165) is 35.5 Å². The monoisotopic (exact) mass is 448 g/mol. The first-order chi connectivity index (χ1) is 15.8. The number of nitrogens with zero attached hydrogens (tertiary/aromatic N) is 3. The largest absolute Gasteiger partial charge is 0.355 e. The van der Waals surface area contributed by atoms with Gasteiger partial charge in [-0.1, -0.05) is 70.2 Å². The summed E-state index contributed by atoms with van der Waals surface area (Å²) in [4.78, 5) is 32.3. The molecule has 3 rings (SSSR count). The topological polar surface area (TPSA) is 67.2 Å². The number of hydrogen-bond acceptors (Lipinski definition) is 3. The summed E-state index contributed by atoms with van der Waals surface area (Å²) < 4.78 is 2.01. The van der Waals surface area contributed by atoms with E-state index in [0.29, 0.717) is 31.2 Å². The number of hydrogen-bond donors (Lipinski definition) is 1. The van der Waals surface area contributed by atoms with Crippen LogP contribution in [0.1, 0.15) is 39.1 Å². The lowest BCUT2D eigenvalue weighted by Crippen LogP contribution is -2.39. The number of fused-ring (bicyclic) bond motifs is 1. The highest BCUT2D eigenvalue weighted by atomic mass is 16.2. The number of aromatic nitrogens is 2. The number of carbonyl (C=O) groups excluding carboxylic acids is 2. The number of rotatable bonds is 11. The molecule has 0 bridgehead atoms. The Morgan fingerprint density at radius 3 is 2.24 bits per heavy atom. The van der Waals surface area contributed by atoms with Gasteiger partial charge in [-0.05, 0) is 29.5 Å². The first-order valence-electron chi connectivity index (χ1n) is 11.9. The van der Waals surface area contributed by atoms with Gasteiger partial charge in [0.1, 0.15) is 12.4 Å². The van der Waals surface area contributed by atoms with E-state index in [-0.39, 0.29) is 18.4 Å². The normalized spacial score (nSPS) is 11.3. The number of benzene rings is 2. The Balaban J connectivity index is 1.71. The molecule has 0 spiro atoms. The van der Waals surface area contributed by atoms with Crippen LogP contribution in [0.3, 0.4) is 0 Å². The van der Waals surface area contributed by atoms with Crippen molar-refractivity contribution in [1.82, 2.24) is 19.8 Å². The molecule has 6 nitrogen and oxygen atoms in total. The van der Waals surface area contributed by atoms with Crippen molar-refractivity contribution in [3.63, 3.8) is 0 Å². The van der Waals surface area contributed by atoms with Crippen LogP contribution < -0.4 is 5.32 Å². The fourth-order valence-electron chi connectivity index (χ4n) is 4.05. The quantitative estimate of drug-likeness (QED) is 0.481. The van der Waals surface area contributed by atoms with E-state index in [2.05, 4.69) is 33.0 Å². The van der Waals surface area contributed by atoms with E-state index in [4.69, 9.17) is 4.98 Å². The summed E-state index contributed by atoms with van der Waals surface area (Å²) in [7, 11) is 0. The van der Waals surface area contributed by atoms with Gasteiger partial charge < -0.3 is 14.8 Å². The molecule has 2 amide bonds. The van der Waals surface area contributed by atoms with Gasteiger partial charge in [0.15, 0.2) is 0 Å². The lowest BCUT2D eigenvalue weighted by Gasteiger charge is -2.27. The second-order valence-corrected chi connectivity index (χ2v) is 9.45. The Bertz CT molecular complexity index is 1050. The number of carbonyl (C=O) groups is 2. The van der Waals surface area contributed by atoms with E-state index in [1.807, 2.05) is 64.1 Å². The van der Waals surface area contributed by atoms with Crippen molar-refractivity contribution in [2.45, 2.75) is 47.1 Å². The van der Waals surface area contributed by atoms with Crippen molar-refractivity contribution in [1.29, 1.82) is 0 Å². The Morgan fingerprint density at radius 1 is 0.939 bits per heavy atom. The molecule has 176 valence electrons. The minimum atomic E-state index is -0.0139. The van der Waals surface area contributed by atoms with Gasteiger partial charge in [-0.2, -0.15) is 0 Å². The maximum absolute atomic E-state index is 13.3. The molecule has 1 aromatic heterocycles. The lowest BCUT2D eigenvalue weighted by molar-refractivity contribution is -0.133. The summed E-state index contributed by atoms with van der Waals surface area (Å²) in [6.07, 6.45) is 0.923. The second-order valence-electron chi connectivity index (χ2n) is 9.45. The Kier molecular flexibility index (Phi) is 8.64. The molecule has 0 saturated heterocycles. The summed E-state index contributed by atoms with van der Waals surface area (Å²) in [5.41, 5.74) is 2.81. The smallest absolute Gasteiger partial charge is 0.242 e. The van der Waals surface area contributed by atoms with Gasteiger partial charge in [-0.25, -0.2) is 4.98 Å². The fraction of sp³-hybridized carbons (Fsp3) is 0.444. The molecule has 0 aliphatic heterocycles. The van der Waals surface area contributed by atoms with E-state index < -0.39 is 0 Å². The van der Waals surface area contributed by atoms with Gasteiger partial charge in [0.05, 0.1) is 17.5 Å². The predicted molar refractivity (Wildman–Crippen MR) is 133 cm³/mol. The molecule has 6 heteroatoms. The first kappa shape index (κ1) is 24.5. The molecule has 0 unspecified atom stereocenters. The molecule has 0 aliphatic rings. The van der Waals surface area contributed by atoms with E-state index in [9.17, 15) is 9.59 Å². The van der Waals surface area contributed by atoms with Crippen LogP contribution in [0.25, 0.3) is 11.0 Å². The third-order valence-electron chi connectivity index (χ3n) is 5.43. The number of imidazole rings is 1. The highest BCUT2D eigenvalue weighted by Gasteiger charge is 2.20. The van der Waals surface area contributed by atoms with Gasteiger partial charge in [-0.3, -0.25) is 9.59 Å². The summed E-state index contributed by atoms with van der Waals surface area (Å²) in [6.45, 7) is 10.8. The third kappa shape index (κ3) is 7.17. The molecule has 2 aromatic carbocycles. The first-order valence-corrected chi connectivity index (χ1v) is 11.9. The zero-order valence-electron chi connectivity index (χ0n) is 20.3. The Labute approximate surface area is 197 Å². The molecular weight excluding hydrogens is 412 g/mol. The Hall–Kier alpha value is -3.15. The van der Waals surface area contributed by atoms with E-state index >= 15 is 0 Å². The molecule has 0 saturated carbocycles. The van der Waals surface area contributed by atoms with Crippen molar-refractivity contribution < 1.29 is 9.59 Å². The maximum atomic E-state index is 13.3. The molecule has 1 N–H and O–H groups in total. The van der Waals surface area contributed by atoms with Crippen molar-refractivity contribution in [3.05, 3.63) is 66.0 Å². The fourth-order valence-corrected chi connectivity index (χ4v) is 4.05. The predicted octanol–water partition coefficient (Wildman–Crippen LogP) is 4.08. The van der Waals surface area contributed by atoms with Crippen molar-refractivity contribution >= 4 is 22.8 Å². The van der Waals surface area contributed by atoms with Gasteiger partial charge in [0.2, 0.25) is 11.8 Å². The van der Waals surface area contributed by atoms with Crippen molar-refractivity contribution in [3.8, 4) is 0 Å². The van der Waals surface area contributed by atoms with Gasteiger partial charge in [0, 0.05) is 26.1 Å². The summed E-state index contributed by atoms with van der Waals surface area (Å²) in [5.74, 6) is 1.73. The molecule has 1 heterocycles. The Morgan fingerprint density at radius 2 is 1.58 bits per heavy atom. The summed E-state index contributed by atoms with van der Waals surface area (Å²) in [5, 5.41) is 2.99. The molecule has 0 fully saturated rings. The van der Waals surface area contributed by atoms with Crippen LogP contribution in [0.4, 0.5) is 0 Å². The van der Waals surface area contributed by atoms with E-state index in [1.54, 1.807) is 0 Å². The highest BCUT2D eigenvalue weighted by Crippen LogP contribution is 2.17. The van der Waals surface area contributed by atoms with Crippen LogP contribution in [0.15, 0.2) is 54.6 Å². The van der Waals surface area contributed by atoms with Crippen LogP contribution in [0.2, 0.25) is 0 Å². The average molecular weight is 449 g/mol. The van der Waals surface area contributed by atoms with Crippen LogP contribution in [0, 0.1) is 11.8 Å². The minimum absolute atomic E-state index is 0.0139. The van der Waals surface area contributed by atoms with Crippen LogP contribution in [0.5, 0.6) is 0 Å². The van der Waals surface area contributed by atoms with Gasteiger partial charge in [0.25, 0.3) is 0 Å². The number of amides is 2. The zero-order chi connectivity index (χ0) is 23.8. The molecule has 0 atom stereocenters. The lowest BCUT2D eigenvalue weighted by atomic mass is 10.1. The molecular formula is C27H36N4O2. The van der Waals surface area contributed by atoms with Crippen LogP contribution >= 0.6 is 0 Å². The van der Waals surface area contributed by atoms with Crippen molar-refractivity contribution in [2.24, 2.45) is 11.8 Å². The molecule has 3 aromatic rings. The maximum Gasteiger partial charge on any atom is 0.242 e. The molecule has 33 heavy (non-hydrogen) atoms. The van der Waals surface area contributed by atoms with Gasteiger partial charge in [-0.15, -0.1) is 0 Å². The SMILES string of the molecule is CC(C)CN(CC(C)C)C(=O)Cn1c(CCNC(=O)Cc2ccccc2)nc2ccccc21.